The Morgan fingerprint density at radius 3 is 1.88 bits per heavy atom. The molecule has 0 heterocycles. The lowest BCUT2D eigenvalue weighted by Gasteiger charge is -2.09. The summed E-state index contributed by atoms with van der Waals surface area (Å²) >= 11 is 0. The summed E-state index contributed by atoms with van der Waals surface area (Å²) in [5.41, 5.74) is 0.718. The zero-order chi connectivity index (χ0) is 23.5. The maximum absolute atomic E-state index is 12.4. The highest BCUT2D eigenvalue weighted by Gasteiger charge is 2.12. The van der Waals surface area contributed by atoms with Crippen molar-refractivity contribution in [2.75, 3.05) is 13.2 Å². The fourth-order valence-corrected chi connectivity index (χ4v) is 3.02. The molecule has 0 fully saturated rings. The zero-order valence-corrected chi connectivity index (χ0v) is 18.9. The molecule has 33 heavy (non-hydrogen) atoms. The average Bonchev–Trinajstić information content (AvgIpc) is 2.84. The van der Waals surface area contributed by atoms with Crippen LogP contribution in [0.3, 0.4) is 0 Å². The summed E-state index contributed by atoms with van der Waals surface area (Å²) in [6.45, 7) is 5.19. The molecule has 3 rings (SSSR count). The maximum atomic E-state index is 12.4. The van der Waals surface area contributed by atoms with Gasteiger partial charge in [-0.25, -0.2) is 9.59 Å². The van der Waals surface area contributed by atoms with E-state index < -0.39 is 11.9 Å². The van der Waals surface area contributed by atoms with Gasteiger partial charge in [-0.15, -0.1) is 0 Å². The summed E-state index contributed by atoms with van der Waals surface area (Å²) in [6, 6.07) is 19.9. The molecule has 0 bridgehead atoms. The summed E-state index contributed by atoms with van der Waals surface area (Å²) in [6.07, 6.45) is 3.29. The van der Waals surface area contributed by atoms with Crippen LogP contribution in [0.5, 0.6) is 23.0 Å². The van der Waals surface area contributed by atoms with E-state index in [2.05, 4.69) is 6.92 Å². The molecule has 0 spiro atoms. The van der Waals surface area contributed by atoms with E-state index >= 15 is 0 Å². The Bertz CT molecular complexity index is 1040. The molecule has 6 nitrogen and oxygen atoms in total. The third-order valence-corrected chi connectivity index (χ3v) is 4.73. The van der Waals surface area contributed by atoms with E-state index in [0.717, 1.165) is 25.0 Å². The number of carbonyl (C=O) groups excluding carboxylic acids is 2. The number of unbranched alkanes of at least 4 members (excludes halogenated alkanes) is 2. The van der Waals surface area contributed by atoms with Gasteiger partial charge in [0, 0.05) is 0 Å². The van der Waals surface area contributed by atoms with E-state index in [1.807, 2.05) is 6.92 Å². The molecule has 0 saturated carbocycles. The number of hydrogen-bond donors (Lipinski definition) is 0. The number of benzene rings is 3. The number of rotatable bonds is 11. The van der Waals surface area contributed by atoms with E-state index in [9.17, 15) is 9.59 Å². The Hall–Kier alpha value is -3.80. The predicted octanol–water partition coefficient (Wildman–Crippen LogP) is 6.09. The molecular weight excluding hydrogens is 420 g/mol. The third kappa shape index (κ3) is 7.38. The standard InChI is InChI=1S/C27H28O6/c1-3-5-6-18-31-22-14-16-24(17-15-22)32-26(28)20-10-12-23(13-11-20)33-27(29)21-8-7-9-25(19-21)30-4-2/h7-17,19H,3-6,18H2,1-2H3. The normalized spacial score (nSPS) is 10.4. The molecule has 172 valence electrons. The Labute approximate surface area is 194 Å². The first-order valence-corrected chi connectivity index (χ1v) is 11.1. The summed E-state index contributed by atoms with van der Waals surface area (Å²) < 4.78 is 21.9. The first-order valence-electron chi connectivity index (χ1n) is 11.1. The fraction of sp³-hybridized carbons (Fsp3) is 0.259. The summed E-state index contributed by atoms with van der Waals surface area (Å²) in [4.78, 5) is 24.8. The molecule has 0 atom stereocenters. The van der Waals surface area contributed by atoms with Crippen molar-refractivity contribution in [3.05, 3.63) is 83.9 Å². The van der Waals surface area contributed by atoms with Gasteiger partial charge >= 0.3 is 11.9 Å². The SMILES string of the molecule is CCCCCOc1ccc(OC(=O)c2ccc(OC(=O)c3cccc(OCC)c3)cc2)cc1. The second-order valence-electron chi connectivity index (χ2n) is 7.29. The van der Waals surface area contributed by atoms with Gasteiger partial charge in [0.15, 0.2) is 0 Å². The van der Waals surface area contributed by atoms with Crippen molar-refractivity contribution in [2.45, 2.75) is 33.1 Å². The van der Waals surface area contributed by atoms with Crippen LogP contribution >= 0.6 is 0 Å². The van der Waals surface area contributed by atoms with Crippen molar-refractivity contribution < 1.29 is 28.5 Å². The van der Waals surface area contributed by atoms with Crippen molar-refractivity contribution in [3.8, 4) is 23.0 Å². The van der Waals surface area contributed by atoms with E-state index in [1.165, 1.54) is 0 Å². The van der Waals surface area contributed by atoms with E-state index in [-0.39, 0.29) is 0 Å². The average molecular weight is 449 g/mol. The molecule has 3 aromatic rings. The highest BCUT2D eigenvalue weighted by Crippen LogP contribution is 2.21. The van der Waals surface area contributed by atoms with Gasteiger partial charge in [0.2, 0.25) is 0 Å². The van der Waals surface area contributed by atoms with Crippen LogP contribution in [0.25, 0.3) is 0 Å². The van der Waals surface area contributed by atoms with Gasteiger partial charge in [-0.2, -0.15) is 0 Å². The topological polar surface area (TPSA) is 71.1 Å². The summed E-state index contributed by atoms with van der Waals surface area (Å²) in [5.74, 6) is 1.07. The van der Waals surface area contributed by atoms with Crippen LogP contribution in [0, 0.1) is 0 Å². The van der Waals surface area contributed by atoms with Crippen LogP contribution in [-0.2, 0) is 0 Å². The maximum Gasteiger partial charge on any atom is 0.343 e. The lowest BCUT2D eigenvalue weighted by molar-refractivity contribution is 0.0730. The number of ether oxygens (including phenoxy) is 4. The van der Waals surface area contributed by atoms with E-state index in [4.69, 9.17) is 18.9 Å². The van der Waals surface area contributed by atoms with Crippen molar-refractivity contribution in [2.24, 2.45) is 0 Å². The van der Waals surface area contributed by atoms with Crippen molar-refractivity contribution in [1.82, 2.24) is 0 Å². The highest BCUT2D eigenvalue weighted by molar-refractivity contribution is 5.92. The Morgan fingerprint density at radius 1 is 0.636 bits per heavy atom. The number of hydrogen-bond acceptors (Lipinski definition) is 6. The van der Waals surface area contributed by atoms with Crippen LogP contribution < -0.4 is 18.9 Å². The minimum atomic E-state index is -0.510. The molecule has 0 aromatic heterocycles. The summed E-state index contributed by atoms with van der Waals surface area (Å²) in [5, 5.41) is 0. The van der Waals surface area contributed by atoms with Gasteiger partial charge in [0.25, 0.3) is 0 Å². The largest absolute Gasteiger partial charge is 0.494 e. The van der Waals surface area contributed by atoms with Crippen LogP contribution in [0.4, 0.5) is 0 Å². The van der Waals surface area contributed by atoms with Crippen molar-refractivity contribution in [3.63, 3.8) is 0 Å². The lowest BCUT2D eigenvalue weighted by Crippen LogP contribution is -2.10. The van der Waals surface area contributed by atoms with Crippen molar-refractivity contribution >= 4 is 11.9 Å². The number of carbonyl (C=O) groups is 2. The molecule has 0 unspecified atom stereocenters. The quantitative estimate of drug-likeness (QED) is 0.201. The predicted molar refractivity (Wildman–Crippen MR) is 125 cm³/mol. The zero-order valence-electron chi connectivity index (χ0n) is 18.9. The second kappa shape index (κ2) is 12.3. The number of esters is 2. The first-order chi connectivity index (χ1) is 16.1. The van der Waals surface area contributed by atoms with Gasteiger partial charge in [-0.05, 0) is 80.1 Å². The third-order valence-electron chi connectivity index (χ3n) is 4.73. The minimum Gasteiger partial charge on any atom is -0.494 e. The Balaban J connectivity index is 1.53. The van der Waals surface area contributed by atoms with Gasteiger partial charge in [-0.3, -0.25) is 0 Å². The molecule has 0 N–H and O–H groups in total. The van der Waals surface area contributed by atoms with Crippen LogP contribution in [0.15, 0.2) is 72.8 Å². The van der Waals surface area contributed by atoms with E-state index in [1.54, 1.807) is 72.8 Å². The molecule has 0 amide bonds. The van der Waals surface area contributed by atoms with Crippen LogP contribution in [0.1, 0.15) is 53.8 Å². The molecule has 3 aromatic carbocycles. The van der Waals surface area contributed by atoms with Gasteiger partial charge < -0.3 is 18.9 Å². The molecule has 0 aliphatic rings. The molecule has 0 aliphatic carbocycles. The molecule has 6 heteroatoms. The second-order valence-corrected chi connectivity index (χ2v) is 7.29. The van der Waals surface area contributed by atoms with Gasteiger partial charge in [0.05, 0.1) is 24.3 Å². The first kappa shape index (κ1) is 23.9. The van der Waals surface area contributed by atoms with Gasteiger partial charge in [-0.1, -0.05) is 25.8 Å². The highest BCUT2D eigenvalue weighted by atomic mass is 16.5. The summed E-state index contributed by atoms with van der Waals surface area (Å²) in [7, 11) is 0. The Morgan fingerprint density at radius 2 is 1.24 bits per heavy atom. The Kier molecular flexibility index (Phi) is 8.88. The molecule has 0 saturated heterocycles. The monoisotopic (exact) mass is 448 g/mol. The van der Waals surface area contributed by atoms with E-state index in [0.29, 0.717) is 41.6 Å². The van der Waals surface area contributed by atoms with Gasteiger partial charge in [0.1, 0.15) is 23.0 Å². The van der Waals surface area contributed by atoms with Crippen molar-refractivity contribution in [1.29, 1.82) is 0 Å². The fourth-order valence-electron chi connectivity index (χ4n) is 3.02. The lowest BCUT2D eigenvalue weighted by atomic mass is 10.2. The minimum absolute atomic E-state index is 0.322. The smallest absolute Gasteiger partial charge is 0.343 e. The molecular formula is C27H28O6. The molecule has 0 radical (unpaired) electrons. The van der Waals surface area contributed by atoms with Crippen LogP contribution in [-0.4, -0.2) is 25.2 Å². The molecule has 0 aliphatic heterocycles. The van der Waals surface area contributed by atoms with Crippen LogP contribution in [0.2, 0.25) is 0 Å².